The van der Waals surface area contributed by atoms with Gasteiger partial charge in [-0.2, -0.15) is 5.10 Å². The Bertz CT molecular complexity index is 871. The number of hydrogen-bond donors (Lipinski definition) is 3. The summed E-state index contributed by atoms with van der Waals surface area (Å²) in [5.74, 6) is 2.93. The van der Waals surface area contributed by atoms with Gasteiger partial charge in [-0.05, 0) is 32.5 Å². The number of rotatable bonds is 8. The van der Waals surface area contributed by atoms with Gasteiger partial charge in [-0.25, -0.2) is 9.97 Å². The molecule has 0 saturated heterocycles. The third kappa shape index (κ3) is 4.62. The molecular weight excluding hydrogens is 338 g/mol. The Morgan fingerprint density at radius 1 is 1.07 bits per heavy atom. The molecule has 0 aliphatic heterocycles. The summed E-state index contributed by atoms with van der Waals surface area (Å²) in [6, 6.07) is 14.5. The second-order valence-electron chi connectivity index (χ2n) is 7.27. The molecule has 2 aromatic heterocycles. The zero-order valence-electron chi connectivity index (χ0n) is 15.7. The lowest BCUT2D eigenvalue weighted by atomic mass is 10.1. The van der Waals surface area contributed by atoms with Gasteiger partial charge in [0.25, 0.3) is 0 Å². The molecule has 1 atom stereocenters. The summed E-state index contributed by atoms with van der Waals surface area (Å²) in [6.07, 6.45) is 4.06. The lowest BCUT2D eigenvalue weighted by Crippen LogP contribution is -2.26. The first-order valence-electron chi connectivity index (χ1n) is 9.28. The Hall–Kier alpha value is -2.93. The predicted molar refractivity (Wildman–Crippen MR) is 107 cm³/mol. The van der Waals surface area contributed by atoms with Crippen LogP contribution in [0.3, 0.4) is 0 Å². The number of anilines is 3. The molecule has 3 N–H and O–H groups in total. The number of hydrogen-bond acceptors (Lipinski definition) is 6. The van der Waals surface area contributed by atoms with Crippen molar-refractivity contribution >= 4 is 17.5 Å². The Labute approximate surface area is 159 Å². The Balaban J connectivity index is 1.48. The SMILES string of the molecule is CN(C)CC(Nc1cc(Nc2cc(C3CC3)[nH]n2)ncn1)c1ccccc1. The standard InChI is InChI=1S/C20H25N7/c1-27(2)12-17(14-6-4-3-5-7-14)23-18-11-19(22-13-21-18)24-20-10-16(25-26-20)15-8-9-15/h3-7,10-11,13,15,17H,8-9,12H2,1-2H3,(H3,21,22,23,24,25,26). The molecule has 0 spiro atoms. The van der Waals surface area contributed by atoms with Crippen LogP contribution >= 0.6 is 0 Å². The maximum absolute atomic E-state index is 4.39. The minimum atomic E-state index is 0.135. The van der Waals surface area contributed by atoms with Crippen molar-refractivity contribution in [2.24, 2.45) is 0 Å². The van der Waals surface area contributed by atoms with Crippen molar-refractivity contribution in [1.82, 2.24) is 25.1 Å². The van der Waals surface area contributed by atoms with E-state index in [1.807, 2.05) is 12.1 Å². The third-order valence-corrected chi connectivity index (χ3v) is 4.61. The highest BCUT2D eigenvalue weighted by Crippen LogP contribution is 2.39. The number of benzene rings is 1. The molecule has 0 bridgehead atoms. The second-order valence-corrected chi connectivity index (χ2v) is 7.27. The number of nitrogens with one attached hydrogen (secondary N) is 3. The molecular formula is C20H25N7. The van der Waals surface area contributed by atoms with Gasteiger partial charge >= 0.3 is 0 Å². The average Bonchev–Trinajstić information content (AvgIpc) is 3.42. The summed E-state index contributed by atoms with van der Waals surface area (Å²) >= 11 is 0. The highest BCUT2D eigenvalue weighted by atomic mass is 15.2. The monoisotopic (exact) mass is 363 g/mol. The van der Waals surface area contributed by atoms with E-state index in [-0.39, 0.29) is 6.04 Å². The van der Waals surface area contributed by atoms with Crippen LogP contribution in [0.4, 0.5) is 17.5 Å². The van der Waals surface area contributed by atoms with Crippen molar-refractivity contribution in [3.05, 3.63) is 60.0 Å². The van der Waals surface area contributed by atoms with Crippen molar-refractivity contribution in [2.45, 2.75) is 24.8 Å². The molecule has 1 unspecified atom stereocenters. The maximum Gasteiger partial charge on any atom is 0.153 e. The minimum Gasteiger partial charge on any atom is -0.362 e. The first kappa shape index (κ1) is 17.5. The van der Waals surface area contributed by atoms with Crippen molar-refractivity contribution < 1.29 is 0 Å². The van der Waals surface area contributed by atoms with Crippen LogP contribution in [0, 0.1) is 0 Å². The Morgan fingerprint density at radius 2 is 1.85 bits per heavy atom. The normalized spacial score (nSPS) is 14.9. The molecule has 1 saturated carbocycles. The van der Waals surface area contributed by atoms with Crippen LogP contribution in [0.1, 0.15) is 36.1 Å². The number of aromatic amines is 1. The lowest BCUT2D eigenvalue weighted by Gasteiger charge is -2.23. The topological polar surface area (TPSA) is 81.8 Å². The fourth-order valence-corrected chi connectivity index (χ4v) is 3.10. The summed E-state index contributed by atoms with van der Waals surface area (Å²) < 4.78 is 0. The maximum atomic E-state index is 4.39. The van der Waals surface area contributed by atoms with Crippen molar-refractivity contribution in [2.75, 3.05) is 31.3 Å². The van der Waals surface area contributed by atoms with Crippen molar-refractivity contribution in [3.8, 4) is 0 Å². The van der Waals surface area contributed by atoms with E-state index in [2.05, 4.69) is 80.1 Å². The van der Waals surface area contributed by atoms with Gasteiger partial charge in [-0.1, -0.05) is 30.3 Å². The largest absolute Gasteiger partial charge is 0.362 e. The predicted octanol–water partition coefficient (Wildman–Crippen LogP) is 3.54. The molecule has 2 heterocycles. The van der Waals surface area contributed by atoms with Crippen LogP contribution < -0.4 is 10.6 Å². The first-order chi connectivity index (χ1) is 13.2. The molecule has 7 nitrogen and oxygen atoms in total. The molecule has 1 aliphatic carbocycles. The third-order valence-electron chi connectivity index (χ3n) is 4.61. The van der Waals surface area contributed by atoms with Gasteiger partial charge in [0.05, 0.1) is 6.04 Å². The van der Waals surface area contributed by atoms with Crippen LogP contribution in [0.25, 0.3) is 0 Å². The van der Waals surface area contributed by atoms with Gasteiger partial charge in [0.2, 0.25) is 0 Å². The van der Waals surface area contributed by atoms with Gasteiger partial charge in [0.15, 0.2) is 5.82 Å². The summed E-state index contributed by atoms with van der Waals surface area (Å²) in [7, 11) is 4.14. The molecule has 140 valence electrons. The number of aromatic nitrogens is 4. The molecule has 3 aromatic rings. The fourth-order valence-electron chi connectivity index (χ4n) is 3.10. The van der Waals surface area contributed by atoms with Crippen LogP contribution in [0.5, 0.6) is 0 Å². The van der Waals surface area contributed by atoms with Gasteiger partial charge in [-0.15, -0.1) is 0 Å². The zero-order valence-corrected chi connectivity index (χ0v) is 15.7. The number of likely N-dealkylation sites (N-methyl/N-ethyl adjacent to an activating group) is 1. The van der Waals surface area contributed by atoms with E-state index in [0.717, 1.165) is 24.0 Å². The second kappa shape index (κ2) is 7.75. The van der Waals surface area contributed by atoms with Crippen LogP contribution in [0.15, 0.2) is 48.8 Å². The van der Waals surface area contributed by atoms with Gasteiger partial charge in [0.1, 0.15) is 18.0 Å². The van der Waals surface area contributed by atoms with Gasteiger partial charge in [-0.3, -0.25) is 5.10 Å². The minimum absolute atomic E-state index is 0.135. The van der Waals surface area contributed by atoms with E-state index in [9.17, 15) is 0 Å². The van der Waals surface area contributed by atoms with E-state index < -0.39 is 0 Å². The molecule has 1 aliphatic rings. The fraction of sp³-hybridized carbons (Fsp3) is 0.350. The van der Waals surface area contributed by atoms with Crippen LogP contribution in [-0.4, -0.2) is 45.7 Å². The molecule has 27 heavy (non-hydrogen) atoms. The molecule has 0 radical (unpaired) electrons. The summed E-state index contributed by atoms with van der Waals surface area (Å²) in [4.78, 5) is 10.9. The van der Waals surface area contributed by atoms with E-state index in [4.69, 9.17) is 0 Å². The molecule has 1 fully saturated rings. The summed E-state index contributed by atoms with van der Waals surface area (Å²) in [6.45, 7) is 0.862. The summed E-state index contributed by atoms with van der Waals surface area (Å²) in [5, 5.41) is 14.2. The first-order valence-corrected chi connectivity index (χ1v) is 9.28. The average molecular weight is 363 g/mol. The highest BCUT2D eigenvalue weighted by Gasteiger charge is 2.25. The van der Waals surface area contributed by atoms with E-state index in [1.54, 1.807) is 6.33 Å². The molecule has 4 rings (SSSR count). The Morgan fingerprint density at radius 3 is 2.59 bits per heavy atom. The summed E-state index contributed by atoms with van der Waals surface area (Å²) in [5.41, 5.74) is 2.42. The van der Waals surface area contributed by atoms with Crippen molar-refractivity contribution in [3.63, 3.8) is 0 Å². The quantitative estimate of drug-likeness (QED) is 0.568. The van der Waals surface area contributed by atoms with Gasteiger partial charge < -0.3 is 15.5 Å². The molecule has 1 aromatic carbocycles. The van der Waals surface area contributed by atoms with E-state index >= 15 is 0 Å². The van der Waals surface area contributed by atoms with E-state index in [0.29, 0.717) is 5.92 Å². The van der Waals surface area contributed by atoms with Crippen molar-refractivity contribution in [1.29, 1.82) is 0 Å². The molecule has 7 heteroatoms. The highest BCUT2D eigenvalue weighted by molar-refractivity contribution is 5.56. The van der Waals surface area contributed by atoms with Crippen LogP contribution in [0.2, 0.25) is 0 Å². The zero-order chi connectivity index (χ0) is 18.6. The smallest absolute Gasteiger partial charge is 0.153 e. The molecule has 0 amide bonds. The van der Waals surface area contributed by atoms with Crippen LogP contribution in [-0.2, 0) is 0 Å². The number of nitrogens with zero attached hydrogens (tertiary/aromatic N) is 4. The van der Waals surface area contributed by atoms with E-state index in [1.165, 1.54) is 24.1 Å². The Kier molecular flexibility index (Phi) is 5.02. The number of H-pyrrole nitrogens is 1. The lowest BCUT2D eigenvalue weighted by molar-refractivity contribution is 0.386. The van der Waals surface area contributed by atoms with Gasteiger partial charge in [0, 0.05) is 30.3 Å².